The average molecular weight is 513 g/mol. The minimum atomic E-state index is -0.886. The van der Waals surface area contributed by atoms with Crippen molar-refractivity contribution in [2.45, 2.75) is 26.8 Å². The Morgan fingerprint density at radius 2 is 1.91 bits per heavy atom. The molecule has 0 spiro atoms. The second-order valence-corrected chi connectivity index (χ2v) is 10.3. The normalized spacial score (nSPS) is 17.3. The number of nitrogens with zero attached hydrogens (tertiary/aromatic N) is 2. The molecule has 8 nitrogen and oxygen atoms in total. The van der Waals surface area contributed by atoms with Crippen LogP contribution in [0.5, 0.6) is 5.75 Å². The van der Waals surface area contributed by atoms with Gasteiger partial charge in [-0.15, -0.1) is 11.3 Å². The molecule has 182 valence electrons. The number of benzene rings is 1. The van der Waals surface area contributed by atoms with Gasteiger partial charge < -0.3 is 14.6 Å². The van der Waals surface area contributed by atoms with Crippen molar-refractivity contribution in [2.24, 2.45) is 5.92 Å². The molecule has 1 N–H and O–H groups in total. The highest BCUT2D eigenvalue weighted by Gasteiger charge is 2.48. The van der Waals surface area contributed by atoms with Crippen LogP contribution in [0.2, 0.25) is 0 Å². The van der Waals surface area contributed by atoms with E-state index in [1.807, 2.05) is 19.2 Å². The summed E-state index contributed by atoms with van der Waals surface area (Å²) in [5.41, 5.74) is 0.730. The smallest absolute Gasteiger partial charge is 0.350 e. The Morgan fingerprint density at radius 1 is 1.20 bits per heavy atom. The third-order valence-corrected chi connectivity index (χ3v) is 7.39. The number of thiophene rings is 1. The van der Waals surface area contributed by atoms with E-state index < -0.39 is 23.7 Å². The number of thiazole rings is 1. The fourth-order valence-corrected chi connectivity index (χ4v) is 5.48. The summed E-state index contributed by atoms with van der Waals surface area (Å²) in [6.07, 6.45) is 0. The zero-order valence-electron chi connectivity index (χ0n) is 19.6. The van der Waals surface area contributed by atoms with E-state index in [0.717, 1.165) is 11.3 Å². The van der Waals surface area contributed by atoms with Crippen molar-refractivity contribution < 1.29 is 29.0 Å². The predicted octanol–water partition coefficient (Wildman–Crippen LogP) is 4.96. The molecule has 1 amide bonds. The van der Waals surface area contributed by atoms with E-state index >= 15 is 0 Å². The fourth-order valence-electron chi connectivity index (χ4n) is 3.64. The summed E-state index contributed by atoms with van der Waals surface area (Å²) < 4.78 is 10.5. The monoisotopic (exact) mass is 512 g/mol. The van der Waals surface area contributed by atoms with E-state index in [9.17, 15) is 19.5 Å². The number of ketones is 1. The topological polar surface area (TPSA) is 106 Å². The van der Waals surface area contributed by atoms with Crippen LogP contribution in [0.4, 0.5) is 5.13 Å². The predicted molar refractivity (Wildman–Crippen MR) is 134 cm³/mol. The van der Waals surface area contributed by atoms with Crippen molar-refractivity contribution >= 4 is 51.2 Å². The largest absolute Gasteiger partial charge is 0.507 e. The first kappa shape index (κ1) is 24.6. The summed E-state index contributed by atoms with van der Waals surface area (Å²) in [5, 5.41) is 13.2. The minimum Gasteiger partial charge on any atom is -0.507 e. The molecule has 3 heterocycles. The summed E-state index contributed by atoms with van der Waals surface area (Å²) in [4.78, 5) is 45.0. The zero-order valence-corrected chi connectivity index (χ0v) is 21.2. The molecule has 35 heavy (non-hydrogen) atoms. The summed E-state index contributed by atoms with van der Waals surface area (Å²) in [5.74, 6) is -1.52. The molecule has 1 aromatic carbocycles. The second kappa shape index (κ2) is 10.0. The molecule has 0 bridgehead atoms. The molecule has 1 aliphatic heterocycles. The van der Waals surface area contributed by atoms with Crippen LogP contribution < -0.4 is 9.64 Å². The summed E-state index contributed by atoms with van der Waals surface area (Å²) in [7, 11) is 1.26. The number of esters is 1. The van der Waals surface area contributed by atoms with Gasteiger partial charge in [0.2, 0.25) is 0 Å². The molecule has 1 aliphatic rings. The lowest BCUT2D eigenvalue weighted by Gasteiger charge is -2.21. The molecule has 1 atom stereocenters. The zero-order chi connectivity index (χ0) is 25.3. The molecule has 1 unspecified atom stereocenters. The Balaban J connectivity index is 1.79. The van der Waals surface area contributed by atoms with Gasteiger partial charge in [0.15, 0.2) is 5.13 Å². The first-order chi connectivity index (χ1) is 16.7. The van der Waals surface area contributed by atoms with Crippen LogP contribution in [-0.2, 0) is 14.3 Å². The molecule has 1 fully saturated rings. The van der Waals surface area contributed by atoms with Gasteiger partial charge in [-0.05, 0) is 48.6 Å². The minimum absolute atomic E-state index is 0.0410. The van der Waals surface area contributed by atoms with Crippen LogP contribution in [0.15, 0.2) is 47.4 Å². The number of aliphatic hydroxyl groups excluding tert-OH is 1. The molecule has 4 rings (SSSR count). The number of ether oxygens (including phenoxy) is 2. The van der Waals surface area contributed by atoms with Gasteiger partial charge in [-0.3, -0.25) is 14.5 Å². The van der Waals surface area contributed by atoms with Gasteiger partial charge in [0.25, 0.3) is 5.78 Å². The Labute approximate surface area is 210 Å². The van der Waals surface area contributed by atoms with E-state index in [0.29, 0.717) is 34.4 Å². The Hall–Kier alpha value is -3.50. The number of carbonyl (C=O) groups is 3. The number of anilines is 1. The third kappa shape index (κ3) is 4.71. The Morgan fingerprint density at radius 3 is 2.51 bits per heavy atom. The molecule has 3 aromatic rings. The second-order valence-electron chi connectivity index (χ2n) is 8.32. The lowest BCUT2D eigenvalue weighted by molar-refractivity contribution is -0.132. The SMILES string of the molecule is COC(=O)c1sc(N2C(=O)C(=O)/C(=C(/O)c3ccc(OCC(C)C)cc3)C2c2cccs2)nc1C. The number of aromatic nitrogens is 1. The van der Waals surface area contributed by atoms with Gasteiger partial charge in [-0.25, -0.2) is 9.78 Å². The number of Topliss-reactive ketones (excluding diaryl/α,β-unsaturated/α-hetero) is 1. The highest BCUT2D eigenvalue weighted by molar-refractivity contribution is 7.18. The van der Waals surface area contributed by atoms with E-state index in [4.69, 9.17) is 9.47 Å². The molecular weight excluding hydrogens is 488 g/mol. The number of hydrogen-bond acceptors (Lipinski definition) is 9. The number of carbonyl (C=O) groups excluding carboxylic acids is 3. The van der Waals surface area contributed by atoms with Crippen LogP contribution in [0, 0.1) is 12.8 Å². The molecular formula is C25H24N2O6S2. The van der Waals surface area contributed by atoms with Crippen molar-refractivity contribution in [3.63, 3.8) is 0 Å². The number of hydrogen-bond donors (Lipinski definition) is 1. The van der Waals surface area contributed by atoms with Crippen LogP contribution in [0.25, 0.3) is 5.76 Å². The molecule has 0 aliphatic carbocycles. The maximum absolute atomic E-state index is 13.2. The van der Waals surface area contributed by atoms with E-state index in [-0.39, 0.29) is 21.3 Å². The maximum Gasteiger partial charge on any atom is 0.350 e. The van der Waals surface area contributed by atoms with E-state index in [1.54, 1.807) is 43.3 Å². The standard InChI is InChI=1S/C25H24N2O6S2/c1-13(2)12-33-16-9-7-15(8-10-16)20(28)18-19(17-6-5-11-34-17)27(23(30)21(18)29)25-26-14(3)22(35-25)24(31)32-4/h5-11,13,19,28H,12H2,1-4H3/b20-18+. The lowest BCUT2D eigenvalue weighted by atomic mass is 10.00. The first-order valence-corrected chi connectivity index (χ1v) is 12.6. The van der Waals surface area contributed by atoms with Crippen molar-refractivity contribution in [1.29, 1.82) is 0 Å². The van der Waals surface area contributed by atoms with Crippen LogP contribution >= 0.6 is 22.7 Å². The van der Waals surface area contributed by atoms with Crippen molar-refractivity contribution in [3.05, 3.63) is 68.4 Å². The highest BCUT2D eigenvalue weighted by atomic mass is 32.1. The van der Waals surface area contributed by atoms with E-state index in [2.05, 4.69) is 4.98 Å². The number of amides is 1. The van der Waals surface area contributed by atoms with E-state index in [1.165, 1.54) is 23.3 Å². The first-order valence-electron chi connectivity index (χ1n) is 10.9. The third-order valence-electron chi connectivity index (χ3n) is 5.33. The maximum atomic E-state index is 13.2. The molecule has 10 heteroatoms. The van der Waals surface area contributed by atoms with Crippen LogP contribution in [-0.4, -0.2) is 41.5 Å². The molecule has 0 radical (unpaired) electrons. The highest BCUT2D eigenvalue weighted by Crippen LogP contribution is 2.45. The molecule has 1 saturated heterocycles. The number of rotatable bonds is 7. The lowest BCUT2D eigenvalue weighted by Crippen LogP contribution is -2.29. The summed E-state index contributed by atoms with van der Waals surface area (Å²) in [6, 6.07) is 9.41. The van der Waals surface area contributed by atoms with Crippen molar-refractivity contribution in [1.82, 2.24) is 4.98 Å². The van der Waals surface area contributed by atoms with Crippen LogP contribution in [0.3, 0.4) is 0 Å². The molecule has 2 aromatic heterocycles. The van der Waals surface area contributed by atoms with Crippen LogP contribution in [0.1, 0.15) is 45.7 Å². The average Bonchev–Trinajstić information content (AvgIpc) is 3.56. The van der Waals surface area contributed by atoms with Gasteiger partial charge in [-0.1, -0.05) is 31.3 Å². The number of methoxy groups -OCH3 is 1. The number of aryl methyl sites for hydroxylation is 1. The summed E-state index contributed by atoms with van der Waals surface area (Å²) in [6.45, 7) is 6.27. The van der Waals surface area contributed by atoms with Gasteiger partial charge in [0.1, 0.15) is 22.4 Å². The Kier molecular flexibility index (Phi) is 7.04. The quantitative estimate of drug-likeness (QED) is 0.206. The Bertz CT molecular complexity index is 1290. The van der Waals surface area contributed by atoms with Gasteiger partial charge in [-0.2, -0.15) is 0 Å². The fraction of sp³-hybridized carbons (Fsp3) is 0.280. The van der Waals surface area contributed by atoms with Gasteiger partial charge >= 0.3 is 11.9 Å². The van der Waals surface area contributed by atoms with Gasteiger partial charge in [0.05, 0.1) is 25.0 Å². The molecule has 0 saturated carbocycles. The number of aliphatic hydroxyl groups is 1. The summed E-state index contributed by atoms with van der Waals surface area (Å²) >= 11 is 2.31. The van der Waals surface area contributed by atoms with Crippen molar-refractivity contribution in [3.8, 4) is 5.75 Å². The van der Waals surface area contributed by atoms with Gasteiger partial charge in [0, 0.05) is 10.4 Å². The van der Waals surface area contributed by atoms with Crippen molar-refractivity contribution in [2.75, 3.05) is 18.6 Å².